The Kier molecular flexibility index (Phi) is 2.53. The van der Waals surface area contributed by atoms with Crippen LogP contribution in [0.1, 0.15) is 25.3 Å². The highest BCUT2D eigenvalue weighted by molar-refractivity contribution is 5.50. The lowest BCUT2D eigenvalue weighted by Gasteiger charge is -2.24. The van der Waals surface area contributed by atoms with Gasteiger partial charge in [0.1, 0.15) is 5.82 Å². The van der Waals surface area contributed by atoms with Crippen LogP contribution in [0.5, 0.6) is 0 Å². The summed E-state index contributed by atoms with van der Waals surface area (Å²) in [6.07, 6.45) is 3.20. The van der Waals surface area contributed by atoms with Gasteiger partial charge in [0, 0.05) is 19.6 Å². The molecule has 0 aliphatic carbocycles. The standard InChI is InChI=1S/C12H18N4O/c1-8-6-9-10(13-7-8)14-12(15-11(9)17)16-4-2-3-5-16/h8H,2-7H2,1H3,(H2,13,14,15,17)/t8-/m0/s1. The van der Waals surface area contributed by atoms with Gasteiger partial charge in [0.15, 0.2) is 0 Å². The lowest BCUT2D eigenvalue weighted by atomic mass is 9.99. The number of nitrogens with one attached hydrogen (secondary N) is 2. The summed E-state index contributed by atoms with van der Waals surface area (Å²) in [7, 11) is 0. The van der Waals surface area contributed by atoms with Crippen LogP contribution in [0.3, 0.4) is 0 Å². The molecule has 2 aliphatic rings. The molecule has 2 aliphatic heterocycles. The fraction of sp³-hybridized carbons (Fsp3) is 0.667. The van der Waals surface area contributed by atoms with E-state index in [1.807, 2.05) is 0 Å². The number of rotatable bonds is 1. The van der Waals surface area contributed by atoms with E-state index < -0.39 is 0 Å². The van der Waals surface area contributed by atoms with E-state index >= 15 is 0 Å². The predicted molar refractivity (Wildman–Crippen MR) is 67.7 cm³/mol. The maximum atomic E-state index is 12.0. The van der Waals surface area contributed by atoms with Crippen molar-refractivity contribution in [3.63, 3.8) is 0 Å². The molecular formula is C12H18N4O. The topological polar surface area (TPSA) is 61.0 Å². The highest BCUT2D eigenvalue weighted by Gasteiger charge is 2.22. The van der Waals surface area contributed by atoms with Gasteiger partial charge in [-0.1, -0.05) is 6.92 Å². The molecule has 0 spiro atoms. The molecule has 3 rings (SSSR count). The zero-order chi connectivity index (χ0) is 11.8. The molecule has 0 unspecified atom stereocenters. The maximum absolute atomic E-state index is 12.0. The largest absolute Gasteiger partial charge is 0.369 e. The summed E-state index contributed by atoms with van der Waals surface area (Å²) in [6, 6.07) is 0. The van der Waals surface area contributed by atoms with Gasteiger partial charge < -0.3 is 10.2 Å². The second-order valence-electron chi connectivity index (χ2n) is 5.10. The van der Waals surface area contributed by atoms with Gasteiger partial charge in [-0.05, 0) is 25.2 Å². The van der Waals surface area contributed by atoms with Crippen LogP contribution in [0, 0.1) is 5.92 Å². The SMILES string of the molecule is C[C@@H]1CNc2nc(N3CCCC3)[nH]c(=O)c2C1. The first-order valence-electron chi connectivity index (χ1n) is 6.36. The molecule has 5 nitrogen and oxygen atoms in total. The molecule has 0 bridgehead atoms. The molecule has 1 atom stereocenters. The first-order valence-corrected chi connectivity index (χ1v) is 6.36. The molecule has 0 aromatic carbocycles. The van der Waals surface area contributed by atoms with E-state index in [0.29, 0.717) is 5.92 Å². The van der Waals surface area contributed by atoms with Crippen LogP contribution in [-0.4, -0.2) is 29.6 Å². The van der Waals surface area contributed by atoms with Crippen molar-refractivity contribution >= 4 is 11.8 Å². The normalized spacial score (nSPS) is 23.4. The second-order valence-corrected chi connectivity index (χ2v) is 5.10. The van der Waals surface area contributed by atoms with Gasteiger partial charge in [0.25, 0.3) is 5.56 Å². The van der Waals surface area contributed by atoms with Gasteiger partial charge in [0.05, 0.1) is 5.56 Å². The maximum Gasteiger partial charge on any atom is 0.257 e. The molecule has 5 heteroatoms. The summed E-state index contributed by atoms with van der Waals surface area (Å²) in [5.74, 6) is 2.02. The third kappa shape index (κ3) is 1.90. The van der Waals surface area contributed by atoms with Crippen LogP contribution in [0.4, 0.5) is 11.8 Å². The molecule has 1 saturated heterocycles. The van der Waals surface area contributed by atoms with Crippen molar-refractivity contribution < 1.29 is 0 Å². The molecule has 2 N–H and O–H groups in total. The minimum absolute atomic E-state index is 0.0240. The Morgan fingerprint density at radius 3 is 2.88 bits per heavy atom. The van der Waals surface area contributed by atoms with Crippen LogP contribution >= 0.6 is 0 Å². The van der Waals surface area contributed by atoms with Crippen LogP contribution in [0.25, 0.3) is 0 Å². The van der Waals surface area contributed by atoms with Crippen LogP contribution < -0.4 is 15.8 Å². The number of nitrogens with zero attached hydrogens (tertiary/aromatic N) is 2. The number of H-pyrrole nitrogens is 1. The van der Waals surface area contributed by atoms with Crippen LogP contribution in [-0.2, 0) is 6.42 Å². The summed E-state index contributed by atoms with van der Waals surface area (Å²) >= 11 is 0. The second kappa shape index (κ2) is 4.05. The molecule has 92 valence electrons. The fourth-order valence-electron chi connectivity index (χ4n) is 2.59. The lowest BCUT2D eigenvalue weighted by molar-refractivity contribution is 0.584. The van der Waals surface area contributed by atoms with Crippen molar-refractivity contribution in [1.29, 1.82) is 0 Å². The van der Waals surface area contributed by atoms with E-state index in [9.17, 15) is 4.79 Å². The van der Waals surface area contributed by atoms with Gasteiger partial charge in [-0.2, -0.15) is 4.98 Å². The Balaban J connectivity index is 1.98. The molecule has 1 aromatic rings. The Bertz CT molecular complexity index is 476. The minimum atomic E-state index is 0.0240. The zero-order valence-electron chi connectivity index (χ0n) is 10.1. The molecule has 1 fully saturated rings. The summed E-state index contributed by atoms with van der Waals surface area (Å²) in [5, 5.41) is 3.26. The quantitative estimate of drug-likeness (QED) is 0.760. The van der Waals surface area contributed by atoms with Crippen molar-refractivity contribution in [1.82, 2.24) is 9.97 Å². The summed E-state index contributed by atoms with van der Waals surface area (Å²) < 4.78 is 0. The number of hydrogen-bond acceptors (Lipinski definition) is 4. The fourth-order valence-corrected chi connectivity index (χ4v) is 2.59. The summed E-state index contributed by atoms with van der Waals surface area (Å²) in [5.41, 5.74) is 0.836. The van der Waals surface area contributed by atoms with E-state index in [-0.39, 0.29) is 5.56 Å². The van der Waals surface area contributed by atoms with Crippen molar-refractivity contribution in [2.24, 2.45) is 5.92 Å². The average Bonchev–Trinajstić information content (AvgIpc) is 2.83. The van der Waals surface area contributed by atoms with E-state index in [1.54, 1.807) is 0 Å². The van der Waals surface area contributed by atoms with Crippen molar-refractivity contribution in [3.8, 4) is 0 Å². The molecule has 0 saturated carbocycles. The first kappa shape index (κ1) is 10.6. The Hall–Kier alpha value is -1.52. The van der Waals surface area contributed by atoms with Gasteiger partial charge in [-0.25, -0.2) is 0 Å². The van der Waals surface area contributed by atoms with Crippen molar-refractivity contribution in [2.45, 2.75) is 26.2 Å². The number of hydrogen-bond donors (Lipinski definition) is 2. The van der Waals surface area contributed by atoms with E-state index in [4.69, 9.17) is 0 Å². The molecule has 1 aromatic heterocycles. The number of aromatic nitrogens is 2. The Morgan fingerprint density at radius 2 is 2.12 bits per heavy atom. The molecule has 3 heterocycles. The van der Waals surface area contributed by atoms with Gasteiger partial charge >= 0.3 is 0 Å². The van der Waals surface area contributed by atoms with E-state index in [2.05, 4.69) is 27.1 Å². The highest BCUT2D eigenvalue weighted by Crippen LogP contribution is 2.22. The van der Waals surface area contributed by atoms with Crippen molar-refractivity contribution in [3.05, 3.63) is 15.9 Å². The number of aromatic amines is 1. The first-order chi connectivity index (χ1) is 8.24. The third-order valence-electron chi connectivity index (χ3n) is 3.58. The molecular weight excluding hydrogens is 216 g/mol. The molecule has 0 radical (unpaired) electrons. The smallest absolute Gasteiger partial charge is 0.257 e. The van der Waals surface area contributed by atoms with Gasteiger partial charge in [0.2, 0.25) is 5.95 Å². The predicted octanol–water partition coefficient (Wildman–Crippen LogP) is 0.974. The van der Waals surface area contributed by atoms with Gasteiger partial charge in [-0.15, -0.1) is 0 Å². The van der Waals surface area contributed by atoms with Crippen LogP contribution in [0.2, 0.25) is 0 Å². The van der Waals surface area contributed by atoms with Crippen LogP contribution in [0.15, 0.2) is 4.79 Å². The average molecular weight is 234 g/mol. The Morgan fingerprint density at radius 1 is 1.35 bits per heavy atom. The monoisotopic (exact) mass is 234 g/mol. The van der Waals surface area contributed by atoms with E-state index in [1.165, 1.54) is 12.8 Å². The number of anilines is 2. The minimum Gasteiger partial charge on any atom is -0.369 e. The zero-order valence-corrected chi connectivity index (χ0v) is 10.1. The van der Waals surface area contributed by atoms with Gasteiger partial charge in [-0.3, -0.25) is 9.78 Å². The Labute approximate surface area is 100 Å². The number of fused-ring (bicyclic) bond motifs is 1. The highest BCUT2D eigenvalue weighted by atomic mass is 16.1. The van der Waals surface area contributed by atoms with E-state index in [0.717, 1.165) is 43.4 Å². The summed E-state index contributed by atoms with van der Waals surface area (Å²) in [6.45, 7) is 5.04. The van der Waals surface area contributed by atoms with Crippen molar-refractivity contribution in [2.75, 3.05) is 29.9 Å². The molecule has 17 heavy (non-hydrogen) atoms. The summed E-state index contributed by atoms with van der Waals surface area (Å²) in [4.78, 5) is 21.6. The lowest BCUT2D eigenvalue weighted by Crippen LogP contribution is -2.31. The third-order valence-corrected chi connectivity index (χ3v) is 3.58. The molecule has 0 amide bonds.